The molecule has 0 saturated carbocycles. The lowest BCUT2D eigenvalue weighted by Crippen LogP contribution is -2.13. The topological polar surface area (TPSA) is 144 Å². The Morgan fingerprint density at radius 1 is 0.885 bits per heavy atom. The number of hydrogen-bond donors (Lipinski definition) is 2. The Morgan fingerprint density at radius 3 is 1.77 bits per heavy atom. The van der Waals surface area contributed by atoms with E-state index in [2.05, 4.69) is 10.6 Å². The summed E-state index contributed by atoms with van der Waals surface area (Å²) in [6.07, 6.45) is 0.323. The number of nitro benzene ring substituents is 2. The molecule has 0 heterocycles. The summed E-state index contributed by atoms with van der Waals surface area (Å²) in [4.78, 5) is 43.7. The highest BCUT2D eigenvalue weighted by Gasteiger charge is 2.20. The van der Waals surface area contributed by atoms with Crippen molar-refractivity contribution in [2.24, 2.45) is 0 Å². The van der Waals surface area contributed by atoms with Gasteiger partial charge in [-0.2, -0.15) is 0 Å². The van der Waals surface area contributed by atoms with Crippen molar-refractivity contribution in [3.63, 3.8) is 0 Å². The summed E-state index contributed by atoms with van der Waals surface area (Å²) in [6.45, 7) is 1.71. The number of non-ortho nitro benzene ring substituents is 2. The van der Waals surface area contributed by atoms with Gasteiger partial charge in [0, 0.05) is 29.9 Å². The molecule has 0 unspecified atom stereocenters. The number of rotatable bonds is 6. The van der Waals surface area contributed by atoms with Crippen molar-refractivity contribution in [2.75, 3.05) is 10.6 Å². The summed E-state index contributed by atoms with van der Waals surface area (Å²) in [5.74, 6) is -0.896. The number of benzene rings is 2. The van der Waals surface area contributed by atoms with Crippen LogP contribution >= 0.6 is 0 Å². The Kier molecular flexibility index (Phi) is 5.58. The quantitative estimate of drug-likeness (QED) is 0.599. The fraction of sp³-hybridized carbons (Fsp3) is 0.125. The molecular formula is C16H14N4O6. The zero-order valence-corrected chi connectivity index (χ0v) is 13.6. The second-order valence-corrected chi connectivity index (χ2v) is 5.19. The van der Waals surface area contributed by atoms with Gasteiger partial charge in [0.2, 0.25) is 5.91 Å². The van der Waals surface area contributed by atoms with E-state index in [4.69, 9.17) is 0 Å². The molecule has 0 aromatic heterocycles. The molecule has 0 saturated heterocycles. The van der Waals surface area contributed by atoms with Gasteiger partial charge in [-0.25, -0.2) is 0 Å². The molecule has 0 radical (unpaired) electrons. The zero-order valence-electron chi connectivity index (χ0n) is 13.6. The van der Waals surface area contributed by atoms with Crippen LogP contribution in [-0.4, -0.2) is 21.7 Å². The fourth-order valence-corrected chi connectivity index (χ4v) is 2.03. The van der Waals surface area contributed by atoms with Crippen molar-refractivity contribution in [3.05, 3.63) is 68.3 Å². The Hall–Kier alpha value is -3.82. The van der Waals surface area contributed by atoms with Crippen LogP contribution < -0.4 is 10.6 Å². The van der Waals surface area contributed by atoms with Gasteiger partial charge >= 0.3 is 0 Å². The first-order valence-electron chi connectivity index (χ1n) is 7.45. The van der Waals surface area contributed by atoms with E-state index in [9.17, 15) is 29.8 Å². The summed E-state index contributed by atoms with van der Waals surface area (Å²) >= 11 is 0. The van der Waals surface area contributed by atoms with Crippen LogP contribution in [0.4, 0.5) is 22.7 Å². The highest BCUT2D eigenvalue weighted by atomic mass is 16.6. The van der Waals surface area contributed by atoms with E-state index in [1.54, 1.807) is 19.1 Å². The lowest BCUT2D eigenvalue weighted by molar-refractivity contribution is -0.394. The summed E-state index contributed by atoms with van der Waals surface area (Å²) in [5.41, 5.74) is -0.419. The standard InChI is InChI=1S/C16H14N4O6/c1-2-15(21)17-11-3-5-12(6-4-11)18-16(22)10-7-13(19(23)24)9-14(8-10)20(25)26/h3-9H,2H2,1H3,(H,17,21)(H,18,22). The van der Waals surface area contributed by atoms with E-state index in [1.165, 1.54) is 12.1 Å². The Bertz CT molecular complexity index is 847. The molecule has 10 heteroatoms. The van der Waals surface area contributed by atoms with Crippen LogP contribution in [-0.2, 0) is 4.79 Å². The van der Waals surface area contributed by atoms with Crippen molar-refractivity contribution < 1.29 is 19.4 Å². The minimum atomic E-state index is -0.811. The van der Waals surface area contributed by atoms with Gasteiger partial charge in [0.25, 0.3) is 17.3 Å². The predicted molar refractivity (Wildman–Crippen MR) is 93.1 cm³/mol. The summed E-state index contributed by atoms with van der Waals surface area (Å²) in [7, 11) is 0. The molecule has 26 heavy (non-hydrogen) atoms. The number of nitro groups is 2. The largest absolute Gasteiger partial charge is 0.326 e. The zero-order chi connectivity index (χ0) is 19.3. The van der Waals surface area contributed by atoms with Crippen LogP contribution in [0.3, 0.4) is 0 Å². The van der Waals surface area contributed by atoms with Gasteiger partial charge in [0.15, 0.2) is 0 Å². The first-order chi connectivity index (χ1) is 12.3. The Labute approximate surface area is 147 Å². The Morgan fingerprint density at radius 2 is 1.35 bits per heavy atom. The van der Waals surface area contributed by atoms with Crippen LogP contribution in [0.15, 0.2) is 42.5 Å². The molecule has 2 amide bonds. The molecule has 0 atom stereocenters. The molecule has 10 nitrogen and oxygen atoms in total. The number of carbonyl (C=O) groups is 2. The SMILES string of the molecule is CCC(=O)Nc1ccc(NC(=O)c2cc([N+](=O)[O-])cc([N+](=O)[O-])c2)cc1. The van der Waals surface area contributed by atoms with Crippen molar-refractivity contribution >= 4 is 34.6 Å². The molecule has 0 spiro atoms. The molecule has 2 aromatic rings. The number of nitrogens with zero attached hydrogens (tertiary/aromatic N) is 2. The Balaban J connectivity index is 2.20. The van der Waals surface area contributed by atoms with Gasteiger partial charge in [-0.1, -0.05) is 6.92 Å². The maximum Gasteiger partial charge on any atom is 0.277 e. The third kappa shape index (κ3) is 4.60. The van der Waals surface area contributed by atoms with E-state index in [1.807, 2.05) is 0 Å². The van der Waals surface area contributed by atoms with Gasteiger partial charge in [-0.3, -0.25) is 29.8 Å². The normalized spacial score (nSPS) is 10.0. The van der Waals surface area contributed by atoms with Gasteiger partial charge in [-0.15, -0.1) is 0 Å². The fourth-order valence-electron chi connectivity index (χ4n) is 2.03. The summed E-state index contributed by atoms with van der Waals surface area (Å²) in [5, 5.41) is 26.9. The molecule has 0 fully saturated rings. The molecule has 2 N–H and O–H groups in total. The average Bonchev–Trinajstić information content (AvgIpc) is 2.62. The molecule has 0 aliphatic carbocycles. The predicted octanol–water partition coefficient (Wildman–Crippen LogP) is 3.10. The van der Waals surface area contributed by atoms with E-state index >= 15 is 0 Å². The minimum absolute atomic E-state index is 0.161. The molecular weight excluding hydrogens is 344 g/mol. The molecule has 0 aliphatic rings. The van der Waals surface area contributed by atoms with Gasteiger partial charge in [-0.05, 0) is 24.3 Å². The van der Waals surface area contributed by atoms with Gasteiger partial charge in [0.05, 0.1) is 21.5 Å². The molecule has 0 bridgehead atoms. The van der Waals surface area contributed by atoms with Crippen LogP contribution in [0.5, 0.6) is 0 Å². The second kappa shape index (κ2) is 7.83. The van der Waals surface area contributed by atoms with Crippen molar-refractivity contribution in [3.8, 4) is 0 Å². The molecule has 134 valence electrons. The van der Waals surface area contributed by atoms with Crippen LogP contribution in [0.1, 0.15) is 23.7 Å². The number of anilines is 2. The summed E-state index contributed by atoms with van der Waals surface area (Å²) in [6, 6.07) is 8.88. The van der Waals surface area contributed by atoms with Crippen LogP contribution in [0, 0.1) is 20.2 Å². The molecule has 2 aromatic carbocycles. The number of carbonyl (C=O) groups excluding carboxylic acids is 2. The highest BCUT2D eigenvalue weighted by Crippen LogP contribution is 2.23. The second-order valence-electron chi connectivity index (χ2n) is 5.19. The monoisotopic (exact) mass is 358 g/mol. The lowest BCUT2D eigenvalue weighted by Gasteiger charge is -2.07. The van der Waals surface area contributed by atoms with E-state index < -0.39 is 27.1 Å². The van der Waals surface area contributed by atoms with Crippen molar-refractivity contribution in [2.45, 2.75) is 13.3 Å². The van der Waals surface area contributed by atoms with E-state index in [-0.39, 0.29) is 11.5 Å². The number of hydrogen-bond acceptors (Lipinski definition) is 6. The highest BCUT2D eigenvalue weighted by molar-refractivity contribution is 6.05. The minimum Gasteiger partial charge on any atom is -0.326 e. The first kappa shape index (κ1) is 18.5. The first-order valence-corrected chi connectivity index (χ1v) is 7.45. The number of nitrogens with one attached hydrogen (secondary N) is 2. The van der Waals surface area contributed by atoms with Crippen LogP contribution in [0.25, 0.3) is 0 Å². The summed E-state index contributed by atoms with van der Waals surface area (Å²) < 4.78 is 0. The number of amides is 2. The maximum atomic E-state index is 12.2. The van der Waals surface area contributed by atoms with Crippen molar-refractivity contribution in [1.29, 1.82) is 0 Å². The maximum absolute atomic E-state index is 12.2. The molecule has 2 rings (SSSR count). The third-order valence-electron chi connectivity index (χ3n) is 3.33. The van der Waals surface area contributed by atoms with Gasteiger partial charge < -0.3 is 10.6 Å². The third-order valence-corrected chi connectivity index (χ3v) is 3.33. The average molecular weight is 358 g/mol. The van der Waals surface area contributed by atoms with E-state index in [0.29, 0.717) is 17.8 Å². The lowest BCUT2D eigenvalue weighted by atomic mass is 10.1. The smallest absolute Gasteiger partial charge is 0.277 e. The molecule has 0 aliphatic heterocycles. The van der Waals surface area contributed by atoms with Gasteiger partial charge in [0.1, 0.15) is 0 Å². The van der Waals surface area contributed by atoms with Crippen LogP contribution in [0.2, 0.25) is 0 Å². The van der Waals surface area contributed by atoms with E-state index in [0.717, 1.165) is 18.2 Å². The van der Waals surface area contributed by atoms with Crippen molar-refractivity contribution in [1.82, 2.24) is 0 Å².